The van der Waals surface area contributed by atoms with E-state index < -0.39 is 5.82 Å². The van der Waals surface area contributed by atoms with E-state index in [1.165, 1.54) is 6.07 Å². The molecule has 0 spiro atoms. The second kappa shape index (κ2) is 9.27. The second-order valence-electron chi connectivity index (χ2n) is 7.03. The predicted octanol–water partition coefficient (Wildman–Crippen LogP) is 3.36. The van der Waals surface area contributed by atoms with E-state index >= 15 is 0 Å². The molecular formula is C21H22FN5O2S. The lowest BCUT2D eigenvalue weighted by Crippen LogP contribution is -2.44. The Bertz CT molecular complexity index is 1000. The number of likely N-dealkylation sites (N-methyl/N-ethyl adjacent to an activating group) is 1. The molecule has 0 saturated carbocycles. The number of carbonyl (C=O) groups is 1. The molecule has 0 bridgehead atoms. The maximum atomic E-state index is 13.8. The highest BCUT2D eigenvalue weighted by Gasteiger charge is 2.15. The molecule has 7 nitrogen and oxygen atoms in total. The van der Waals surface area contributed by atoms with E-state index in [4.69, 9.17) is 4.42 Å². The summed E-state index contributed by atoms with van der Waals surface area (Å²) in [7, 11) is 2.13. The number of nitrogens with one attached hydrogen (secondary N) is 1. The van der Waals surface area contributed by atoms with E-state index in [2.05, 4.69) is 32.4 Å². The van der Waals surface area contributed by atoms with E-state index in [0.717, 1.165) is 49.3 Å². The lowest BCUT2D eigenvalue weighted by Gasteiger charge is -2.34. The number of halogens is 1. The van der Waals surface area contributed by atoms with Crippen LogP contribution in [0.4, 0.5) is 15.8 Å². The zero-order valence-electron chi connectivity index (χ0n) is 16.5. The molecule has 156 valence electrons. The van der Waals surface area contributed by atoms with Gasteiger partial charge in [0.15, 0.2) is 0 Å². The van der Waals surface area contributed by atoms with Gasteiger partial charge in [0.05, 0.1) is 11.3 Å². The highest BCUT2D eigenvalue weighted by Crippen LogP contribution is 2.25. The van der Waals surface area contributed by atoms with Crippen LogP contribution in [-0.4, -0.2) is 60.0 Å². The molecule has 1 aliphatic heterocycles. The van der Waals surface area contributed by atoms with Gasteiger partial charge in [-0.2, -0.15) is 0 Å². The van der Waals surface area contributed by atoms with E-state index in [1.54, 1.807) is 18.2 Å². The Labute approximate surface area is 178 Å². The van der Waals surface area contributed by atoms with Crippen molar-refractivity contribution in [3.63, 3.8) is 0 Å². The van der Waals surface area contributed by atoms with Crippen molar-refractivity contribution in [1.29, 1.82) is 0 Å². The quantitative estimate of drug-likeness (QED) is 0.605. The van der Waals surface area contributed by atoms with Crippen molar-refractivity contribution in [3.05, 3.63) is 54.3 Å². The molecule has 1 aromatic heterocycles. The van der Waals surface area contributed by atoms with Crippen molar-refractivity contribution >= 4 is 29.0 Å². The summed E-state index contributed by atoms with van der Waals surface area (Å²) >= 11 is 1.11. The van der Waals surface area contributed by atoms with Gasteiger partial charge < -0.3 is 19.5 Å². The number of thioether (sulfide) groups is 1. The van der Waals surface area contributed by atoms with Crippen LogP contribution in [0.15, 0.2) is 58.2 Å². The average Bonchev–Trinajstić information content (AvgIpc) is 3.23. The van der Waals surface area contributed by atoms with Gasteiger partial charge in [0.1, 0.15) is 5.82 Å². The van der Waals surface area contributed by atoms with Crippen molar-refractivity contribution in [2.45, 2.75) is 5.22 Å². The van der Waals surface area contributed by atoms with Gasteiger partial charge in [0, 0.05) is 37.6 Å². The minimum absolute atomic E-state index is 0.0931. The van der Waals surface area contributed by atoms with Crippen molar-refractivity contribution in [3.8, 4) is 11.5 Å². The Balaban J connectivity index is 1.28. The average molecular weight is 428 g/mol. The summed E-state index contributed by atoms with van der Waals surface area (Å²) in [5.74, 6) is -0.414. The van der Waals surface area contributed by atoms with E-state index in [9.17, 15) is 9.18 Å². The van der Waals surface area contributed by atoms with Crippen molar-refractivity contribution in [1.82, 2.24) is 15.1 Å². The van der Waals surface area contributed by atoms with Crippen molar-refractivity contribution < 1.29 is 13.6 Å². The number of piperazine rings is 1. The Morgan fingerprint density at radius 2 is 1.83 bits per heavy atom. The third kappa shape index (κ3) is 4.98. The fourth-order valence-electron chi connectivity index (χ4n) is 3.16. The van der Waals surface area contributed by atoms with Crippen LogP contribution in [0.1, 0.15) is 0 Å². The van der Waals surface area contributed by atoms with E-state index in [-0.39, 0.29) is 28.3 Å². The number of hydrogen-bond donors (Lipinski definition) is 1. The van der Waals surface area contributed by atoms with Crippen molar-refractivity contribution in [2.24, 2.45) is 0 Å². The van der Waals surface area contributed by atoms with Crippen LogP contribution in [-0.2, 0) is 4.79 Å². The molecule has 2 aromatic carbocycles. The van der Waals surface area contributed by atoms with Crippen LogP contribution in [0, 0.1) is 5.82 Å². The van der Waals surface area contributed by atoms with Gasteiger partial charge in [-0.1, -0.05) is 23.9 Å². The van der Waals surface area contributed by atoms with Crippen LogP contribution in [0.5, 0.6) is 0 Å². The van der Waals surface area contributed by atoms with Gasteiger partial charge in [-0.25, -0.2) is 4.39 Å². The van der Waals surface area contributed by atoms with Crippen LogP contribution in [0.2, 0.25) is 0 Å². The number of hydrogen-bond acceptors (Lipinski definition) is 7. The Morgan fingerprint density at radius 3 is 2.57 bits per heavy atom. The first kappa shape index (κ1) is 20.4. The SMILES string of the molecule is CN1CCN(c2ccc(NC(=O)CSc3nnc(-c4ccccc4F)o3)cc2)CC1. The first-order chi connectivity index (χ1) is 14.6. The number of anilines is 2. The summed E-state index contributed by atoms with van der Waals surface area (Å²) in [6.45, 7) is 4.09. The predicted molar refractivity (Wildman–Crippen MR) is 115 cm³/mol. The second-order valence-corrected chi connectivity index (χ2v) is 7.95. The van der Waals surface area contributed by atoms with E-state index in [1.807, 2.05) is 24.3 Å². The molecule has 2 heterocycles. The fraction of sp³-hybridized carbons (Fsp3) is 0.286. The van der Waals surface area contributed by atoms with Crippen molar-refractivity contribution in [2.75, 3.05) is 49.2 Å². The summed E-state index contributed by atoms with van der Waals surface area (Å²) in [6.07, 6.45) is 0. The number of nitrogens with zero attached hydrogens (tertiary/aromatic N) is 4. The number of benzene rings is 2. The molecule has 1 amide bonds. The van der Waals surface area contributed by atoms with Crippen LogP contribution in [0.25, 0.3) is 11.5 Å². The highest BCUT2D eigenvalue weighted by molar-refractivity contribution is 7.99. The molecule has 1 aliphatic rings. The Hall–Kier alpha value is -2.91. The maximum Gasteiger partial charge on any atom is 0.277 e. The third-order valence-electron chi connectivity index (χ3n) is 4.86. The van der Waals surface area contributed by atoms with Crippen LogP contribution >= 0.6 is 11.8 Å². The number of carbonyl (C=O) groups excluding carboxylic acids is 1. The lowest BCUT2D eigenvalue weighted by molar-refractivity contribution is -0.113. The minimum Gasteiger partial charge on any atom is -0.411 e. The zero-order valence-corrected chi connectivity index (χ0v) is 17.4. The number of aromatic nitrogens is 2. The standard InChI is InChI=1S/C21H22FN5O2S/c1-26-10-12-27(13-11-26)16-8-6-15(7-9-16)23-19(28)14-30-21-25-24-20(29-21)17-4-2-3-5-18(17)22/h2-9H,10-14H2,1H3,(H,23,28). The van der Waals surface area contributed by atoms with Gasteiger partial charge in [0.25, 0.3) is 11.1 Å². The Kier molecular flexibility index (Phi) is 6.29. The summed E-state index contributed by atoms with van der Waals surface area (Å²) in [4.78, 5) is 16.9. The lowest BCUT2D eigenvalue weighted by atomic mass is 10.2. The molecular weight excluding hydrogens is 405 g/mol. The molecule has 1 saturated heterocycles. The normalized spacial score (nSPS) is 14.7. The summed E-state index contributed by atoms with van der Waals surface area (Å²) < 4.78 is 19.3. The van der Waals surface area contributed by atoms with Gasteiger partial charge in [-0.3, -0.25) is 4.79 Å². The van der Waals surface area contributed by atoms with Crippen LogP contribution < -0.4 is 10.2 Å². The topological polar surface area (TPSA) is 74.5 Å². The maximum absolute atomic E-state index is 13.8. The first-order valence-electron chi connectivity index (χ1n) is 9.63. The van der Waals surface area contributed by atoms with Gasteiger partial charge in [-0.05, 0) is 43.4 Å². The van der Waals surface area contributed by atoms with E-state index in [0.29, 0.717) is 0 Å². The molecule has 30 heavy (non-hydrogen) atoms. The smallest absolute Gasteiger partial charge is 0.277 e. The Morgan fingerprint density at radius 1 is 1.10 bits per heavy atom. The molecule has 1 N–H and O–H groups in total. The third-order valence-corrected chi connectivity index (χ3v) is 5.68. The molecule has 3 aromatic rings. The van der Waals surface area contributed by atoms with Gasteiger partial charge in [0.2, 0.25) is 5.91 Å². The van der Waals surface area contributed by atoms with Gasteiger partial charge in [-0.15, -0.1) is 10.2 Å². The largest absolute Gasteiger partial charge is 0.411 e. The summed E-state index contributed by atoms with van der Waals surface area (Å²) in [5, 5.41) is 10.8. The minimum atomic E-state index is -0.435. The van der Waals surface area contributed by atoms with Gasteiger partial charge >= 0.3 is 0 Å². The summed E-state index contributed by atoms with van der Waals surface area (Å²) in [5.41, 5.74) is 2.12. The fourth-order valence-corrected chi connectivity index (χ4v) is 3.72. The number of rotatable bonds is 6. The van der Waals surface area contributed by atoms with Crippen LogP contribution in [0.3, 0.4) is 0 Å². The number of amides is 1. The molecule has 1 fully saturated rings. The summed E-state index contributed by atoms with van der Waals surface area (Å²) in [6, 6.07) is 14.0. The first-order valence-corrected chi connectivity index (χ1v) is 10.6. The molecule has 0 radical (unpaired) electrons. The molecule has 4 rings (SSSR count). The monoisotopic (exact) mass is 427 g/mol. The highest BCUT2D eigenvalue weighted by atomic mass is 32.2. The molecule has 0 unspecified atom stereocenters. The molecule has 9 heteroatoms. The zero-order chi connectivity index (χ0) is 20.9. The molecule has 0 atom stereocenters. The molecule has 0 aliphatic carbocycles.